The van der Waals surface area contributed by atoms with Crippen LogP contribution in [0.1, 0.15) is 11.6 Å². The summed E-state index contributed by atoms with van der Waals surface area (Å²) in [4.78, 5) is 0. The Hall–Kier alpha value is -0.610. The Labute approximate surface area is 75.6 Å². The van der Waals surface area contributed by atoms with E-state index in [1.165, 1.54) is 0 Å². The second kappa shape index (κ2) is 4.42. The van der Waals surface area contributed by atoms with Gasteiger partial charge in [0, 0.05) is 5.02 Å². The van der Waals surface area contributed by atoms with Gasteiger partial charge in [-0.1, -0.05) is 23.7 Å². The molecule has 3 N–H and O–H groups in total. The number of hydrogen-bond acceptors (Lipinski definition) is 3. The Kier molecular flexibility index (Phi) is 3.49. The van der Waals surface area contributed by atoms with Crippen molar-refractivity contribution in [2.24, 2.45) is 0 Å². The normalized spacial score (nSPS) is 12.9. The molecule has 12 heavy (non-hydrogen) atoms. The van der Waals surface area contributed by atoms with E-state index in [9.17, 15) is 0 Å². The van der Waals surface area contributed by atoms with Crippen LogP contribution in [0.3, 0.4) is 0 Å². The van der Waals surface area contributed by atoms with Crippen molar-refractivity contribution in [3.63, 3.8) is 0 Å². The van der Waals surface area contributed by atoms with Crippen LogP contribution < -0.4 is 5.48 Å². The van der Waals surface area contributed by atoms with Crippen LogP contribution in [0.15, 0.2) is 24.3 Å². The minimum Gasteiger partial charge on any atom is -0.394 e. The van der Waals surface area contributed by atoms with Gasteiger partial charge in [-0.25, -0.2) is 0 Å². The van der Waals surface area contributed by atoms with Gasteiger partial charge in [0.2, 0.25) is 0 Å². The Morgan fingerprint density at radius 3 is 2.33 bits per heavy atom. The summed E-state index contributed by atoms with van der Waals surface area (Å²) >= 11 is 5.66. The van der Waals surface area contributed by atoms with E-state index in [4.69, 9.17) is 21.9 Å². The molecule has 0 aliphatic carbocycles. The molecule has 0 saturated carbocycles. The summed E-state index contributed by atoms with van der Waals surface area (Å²) in [5, 5.41) is 18.0. The number of rotatable bonds is 3. The molecule has 0 aromatic heterocycles. The Morgan fingerprint density at radius 2 is 1.92 bits per heavy atom. The molecule has 0 amide bonds. The lowest BCUT2D eigenvalue weighted by atomic mass is 10.1. The highest BCUT2D eigenvalue weighted by Crippen LogP contribution is 2.15. The maximum Gasteiger partial charge on any atom is 0.0800 e. The highest BCUT2D eigenvalue weighted by molar-refractivity contribution is 6.30. The number of hydrogen-bond donors (Lipinski definition) is 3. The molecule has 0 fully saturated rings. The molecule has 4 heteroatoms. The Morgan fingerprint density at radius 1 is 1.33 bits per heavy atom. The van der Waals surface area contributed by atoms with Gasteiger partial charge >= 0.3 is 0 Å². The van der Waals surface area contributed by atoms with Crippen molar-refractivity contribution >= 4 is 11.6 Å². The first-order valence-electron chi connectivity index (χ1n) is 3.54. The van der Waals surface area contributed by atoms with Crippen molar-refractivity contribution in [1.29, 1.82) is 0 Å². The van der Waals surface area contributed by atoms with E-state index in [2.05, 4.69) is 0 Å². The second-order valence-electron chi connectivity index (χ2n) is 2.42. The Balaban J connectivity index is 2.80. The maximum absolute atomic E-state index is 8.79. The molecule has 0 unspecified atom stereocenters. The fourth-order valence-corrected chi connectivity index (χ4v) is 1.04. The SMILES string of the molecule is OC[C@@H](NO)c1ccc(Cl)cc1. The van der Waals surface area contributed by atoms with Gasteiger partial charge in [-0.05, 0) is 17.7 Å². The van der Waals surface area contributed by atoms with Crippen LogP contribution >= 0.6 is 11.6 Å². The summed E-state index contributed by atoms with van der Waals surface area (Å²) < 4.78 is 0. The van der Waals surface area contributed by atoms with E-state index in [1.807, 2.05) is 5.48 Å². The van der Waals surface area contributed by atoms with Crippen LogP contribution in [-0.2, 0) is 0 Å². The smallest absolute Gasteiger partial charge is 0.0800 e. The summed E-state index contributed by atoms with van der Waals surface area (Å²) in [5.41, 5.74) is 2.79. The summed E-state index contributed by atoms with van der Waals surface area (Å²) in [7, 11) is 0. The number of nitrogens with one attached hydrogen (secondary N) is 1. The minimum atomic E-state index is -0.442. The molecule has 0 spiro atoms. The zero-order valence-corrected chi connectivity index (χ0v) is 7.12. The van der Waals surface area contributed by atoms with Crippen LogP contribution in [0.25, 0.3) is 0 Å². The molecule has 0 aliphatic heterocycles. The van der Waals surface area contributed by atoms with E-state index in [1.54, 1.807) is 24.3 Å². The molecule has 66 valence electrons. The summed E-state index contributed by atoms with van der Waals surface area (Å²) in [5.74, 6) is 0. The third-order valence-electron chi connectivity index (χ3n) is 1.61. The summed E-state index contributed by atoms with van der Waals surface area (Å²) in [6, 6.07) is 6.45. The molecule has 1 aromatic rings. The molecule has 1 atom stereocenters. The maximum atomic E-state index is 8.79. The first-order valence-corrected chi connectivity index (χ1v) is 3.91. The van der Waals surface area contributed by atoms with Crippen molar-refractivity contribution in [2.75, 3.05) is 6.61 Å². The molecule has 0 saturated heterocycles. The van der Waals surface area contributed by atoms with Gasteiger partial charge in [0.1, 0.15) is 0 Å². The number of halogens is 1. The monoisotopic (exact) mass is 187 g/mol. The highest BCUT2D eigenvalue weighted by Gasteiger charge is 2.07. The topological polar surface area (TPSA) is 52.5 Å². The van der Waals surface area contributed by atoms with E-state index in [0.717, 1.165) is 5.56 Å². The van der Waals surface area contributed by atoms with E-state index in [-0.39, 0.29) is 6.61 Å². The Bertz CT molecular complexity index is 233. The average Bonchev–Trinajstić information content (AvgIpc) is 2.10. The van der Waals surface area contributed by atoms with E-state index >= 15 is 0 Å². The fourth-order valence-electron chi connectivity index (χ4n) is 0.916. The van der Waals surface area contributed by atoms with Crippen LogP contribution in [0, 0.1) is 0 Å². The molecule has 0 heterocycles. The predicted octanol–water partition coefficient (Wildman–Crippen LogP) is 1.35. The first-order chi connectivity index (χ1) is 5.77. The largest absolute Gasteiger partial charge is 0.394 e. The average molecular weight is 188 g/mol. The van der Waals surface area contributed by atoms with Crippen molar-refractivity contribution in [3.8, 4) is 0 Å². The first kappa shape index (κ1) is 9.48. The number of aliphatic hydroxyl groups is 1. The minimum absolute atomic E-state index is 0.155. The lowest BCUT2D eigenvalue weighted by molar-refractivity contribution is 0.0906. The standard InChI is InChI=1S/C8H10ClNO2/c9-7-3-1-6(2-4-7)8(5-11)10-12/h1-4,8,10-12H,5H2/t8-/m1/s1. The number of benzene rings is 1. The number of aliphatic hydroxyl groups excluding tert-OH is 1. The van der Waals surface area contributed by atoms with E-state index in [0.29, 0.717) is 5.02 Å². The van der Waals surface area contributed by atoms with Gasteiger partial charge in [0.25, 0.3) is 0 Å². The van der Waals surface area contributed by atoms with Crippen LogP contribution in [0.4, 0.5) is 0 Å². The zero-order valence-electron chi connectivity index (χ0n) is 6.37. The van der Waals surface area contributed by atoms with Gasteiger partial charge in [-0.2, -0.15) is 5.48 Å². The van der Waals surface area contributed by atoms with Crippen molar-refractivity contribution in [2.45, 2.75) is 6.04 Å². The van der Waals surface area contributed by atoms with Crippen molar-refractivity contribution < 1.29 is 10.3 Å². The lowest BCUT2D eigenvalue weighted by Gasteiger charge is -2.11. The molecule has 1 rings (SSSR count). The predicted molar refractivity (Wildman–Crippen MR) is 46.2 cm³/mol. The molecule has 0 radical (unpaired) electrons. The second-order valence-corrected chi connectivity index (χ2v) is 2.85. The third-order valence-corrected chi connectivity index (χ3v) is 1.86. The van der Waals surface area contributed by atoms with Gasteiger partial charge in [0.15, 0.2) is 0 Å². The van der Waals surface area contributed by atoms with Crippen molar-refractivity contribution in [1.82, 2.24) is 5.48 Å². The molecule has 1 aromatic carbocycles. The third kappa shape index (κ3) is 2.19. The van der Waals surface area contributed by atoms with Crippen LogP contribution in [0.5, 0.6) is 0 Å². The molecule has 0 aliphatic rings. The van der Waals surface area contributed by atoms with Crippen LogP contribution in [-0.4, -0.2) is 16.9 Å². The van der Waals surface area contributed by atoms with Gasteiger partial charge < -0.3 is 10.3 Å². The zero-order chi connectivity index (χ0) is 8.97. The van der Waals surface area contributed by atoms with Gasteiger partial charge in [-0.15, -0.1) is 0 Å². The molecule has 3 nitrogen and oxygen atoms in total. The summed E-state index contributed by atoms with van der Waals surface area (Å²) in [6.45, 7) is -0.155. The van der Waals surface area contributed by atoms with Gasteiger partial charge in [-0.3, -0.25) is 0 Å². The molecular formula is C8H10ClNO2. The van der Waals surface area contributed by atoms with Gasteiger partial charge in [0.05, 0.1) is 12.6 Å². The summed E-state index contributed by atoms with van der Waals surface area (Å²) in [6.07, 6.45) is 0. The fraction of sp³-hybridized carbons (Fsp3) is 0.250. The number of hydroxylamine groups is 1. The quantitative estimate of drug-likeness (QED) is 0.627. The van der Waals surface area contributed by atoms with Crippen molar-refractivity contribution in [3.05, 3.63) is 34.9 Å². The van der Waals surface area contributed by atoms with Crippen LogP contribution in [0.2, 0.25) is 5.02 Å². The molecule has 0 bridgehead atoms. The lowest BCUT2D eigenvalue weighted by Crippen LogP contribution is -2.20. The van der Waals surface area contributed by atoms with E-state index < -0.39 is 6.04 Å². The molecular weight excluding hydrogens is 178 g/mol. The highest BCUT2D eigenvalue weighted by atomic mass is 35.5.